The Kier molecular flexibility index (Phi) is 5.52. The highest BCUT2D eigenvalue weighted by Gasteiger charge is 2.62. The van der Waals surface area contributed by atoms with Gasteiger partial charge in [-0.2, -0.15) is 0 Å². The Hall–Kier alpha value is -4.52. The van der Waals surface area contributed by atoms with E-state index in [0.717, 1.165) is 11.1 Å². The molecule has 2 aliphatic heterocycles. The average Bonchev–Trinajstić information content (AvgIpc) is 3.38. The lowest BCUT2D eigenvalue weighted by Gasteiger charge is -2.44. The number of para-hydroxylation sites is 2. The molecule has 2 aliphatic carbocycles. The van der Waals surface area contributed by atoms with Gasteiger partial charge in [0.05, 0.1) is 35.0 Å². The highest BCUT2D eigenvalue weighted by Crippen LogP contribution is 2.58. The zero-order valence-corrected chi connectivity index (χ0v) is 21.9. The summed E-state index contributed by atoms with van der Waals surface area (Å²) in [4.78, 5) is 58.1. The number of allylic oxidation sites excluding steroid dienone is 2. The number of aromatic hydroxyl groups is 1. The van der Waals surface area contributed by atoms with Crippen molar-refractivity contribution in [1.29, 1.82) is 0 Å². The fraction of sp³-hybridized carbons (Fsp3) is 0.273. The van der Waals surface area contributed by atoms with Crippen molar-refractivity contribution in [2.75, 3.05) is 9.80 Å². The van der Waals surface area contributed by atoms with Gasteiger partial charge in [0.15, 0.2) is 0 Å². The highest BCUT2D eigenvalue weighted by molar-refractivity contribution is 6.24. The minimum absolute atomic E-state index is 0.153. The number of aryl methyl sites for hydroxylation is 1. The van der Waals surface area contributed by atoms with Gasteiger partial charge in [0.1, 0.15) is 5.75 Å². The number of hydrogen-bond acceptors (Lipinski definition) is 5. The van der Waals surface area contributed by atoms with Gasteiger partial charge in [0, 0.05) is 5.92 Å². The molecule has 200 valence electrons. The van der Waals surface area contributed by atoms with E-state index in [0.29, 0.717) is 29.8 Å². The second kappa shape index (κ2) is 9.01. The maximum Gasteiger partial charge on any atom is 0.238 e. The number of hydrogen-bond donors (Lipinski definition) is 1. The van der Waals surface area contributed by atoms with Gasteiger partial charge in [0.2, 0.25) is 23.6 Å². The van der Waals surface area contributed by atoms with Gasteiger partial charge >= 0.3 is 0 Å². The molecule has 1 saturated carbocycles. The molecule has 7 heteroatoms. The van der Waals surface area contributed by atoms with Crippen LogP contribution in [-0.2, 0) is 19.2 Å². The fourth-order valence-corrected chi connectivity index (χ4v) is 7.50. The highest BCUT2D eigenvalue weighted by atomic mass is 16.3. The van der Waals surface area contributed by atoms with Gasteiger partial charge < -0.3 is 5.11 Å². The van der Waals surface area contributed by atoms with E-state index in [-0.39, 0.29) is 35.3 Å². The van der Waals surface area contributed by atoms with Crippen LogP contribution in [-0.4, -0.2) is 28.7 Å². The van der Waals surface area contributed by atoms with Gasteiger partial charge in [0.25, 0.3) is 0 Å². The molecule has 2 saturated heterocycles. The normalized spacial score (nSPS) is 29.3. The van der Waals surface area contributed by atoms with Crippen molar-refractivity contribution >= 4 is 35.0 Å². The van der Waals surface area contributed by atoms with E-state index in [1.165, 1.54) is 9.80 Å². The summed E-state index contributed by atoms with van der Waals surface area (Å²) < 4.78 is 0. The number of imide groups is 2. The zero-order chi connectivity index (χ0) is 27.7. The number of carbonyl (C=O) groups excluding carboxylic acids is 4. The Morgan fingerprint density at radius 2 is 1.25 bits per heavy atom. The number of carbonyl (C=O) groups is 4. The molecule has 3 aromatic rings. The minimum Gasteiger partial charge on any atom is -0.508 e. The Labute approximate surface area is 231 Å². The van der Waals surface area contributed by atoms with Gasteiger partial charge in [-0.25, -0.2) is 0 Å². The molecule has 3 aromatic carbocycles. The standard InChI is InChI=1S/C33H28N2O5/c1-18-16-19(12-15-26(18)36)27-22-13-14-23-28(32(39)34(30(23)37)20-8-4-2-5-9-20)24(22)17-25-29(27)33(40)35(31(25)38)21-10-6-3-7-11-21/h2-13,15-16,23-25,27-29,36H,14,17H2,1H3/t23-,24+,25+,27-,28-,29+/m0/s1. The molecular weight excluding hydrogens is 504 g/mol. The predicted molar refractivity (Wildman–Crippen MR) is 148 cm³/mol. The van der Waals surface area contributed by atoms with E-state index in [2.05, 4.69) is 0 Å². The van der Waals surface area contributed by atoms with E-state index in [1.54, 1.807) is 67.6 Å². The lowest BCUT2D eigenvalue weighted by Crippen LogP contribution is -2.43. The second-order valence-corrected chi connectivity index (χ2v) is 11.3. The van der Waals surface area contributed by atoms with E-state index in [1.807, 2.05) is 24.3 Å². The van der Waals surface area contributed by atoms with Gasteiger partial charge in [-0.1, -0.05) is 60.2 Å². The van der Waals surface area contributed by atoms with Crippen LogP contribution in [0.4, 0.5) is 11.4 Å². The van der Waals surface area contributed by atoms with Gasteiger partial charge in [-0.15, -0.1) is 0 Å². The summed E-state index contributed by atoms with van der Waals surface area (Å²) in [6, 6.07) is 23.2. The Bertz CT molecular complexity index is 1600. The maximum absolute atomic E-state index is 14.0. The predicted octanol–water partition coefficient (Wildman–Crippen LogP) is 4.75. The molecule has 0 unspecified atom stereocenters. The molecule has 7 nitrogen and oxygen atoms in total. The smallest absolute Gasteiger partial charge is 0.238 e. The SMILES string of the molecule is Cc1cc([C@H]2C3=CC[C@@H]4C(=O)N(c5ccccc5)C(=O)[C@@H]4[C@@H]3C[C@H]3C(=O)N(c4ccccc4)C(=O)[C@@H]23)ccc1O. The molecular formula is C33H28N2O5. The van der Waals surface area contributed by atoms with E-state index >= 15 is 0 Å². The molecule has 0 radical (unpaired) electrons. The molecule has 0 bridgehead atoms. The van der Waals surface area contributed by atoms with Crippen LogP contribution in [0.5, 0.6) is 5.75 Å². The number of anilines is 2. The molecule has 4 amide bonds. The van der Waals surface area contributed by atoms with Crippen molar-refractivity contribution < 1.29 is 24.3 Å². The molecule has 0 aromatic heterocycles. The average molecular weight is 533 g/mol. The third-order valence-electron chi connectivity index (χ3n) is 9.26. The molecule has 4 aliphatic rings. The van der Waals surface area contributed by atoms with Crippen molar-refractivity contribution in [3.8, 4) is 5.75 Å². The van der Waals surface area contributed by atoms with Crippen LogP contribution in [0.25, 0.3) is 0 Å². The first-order valence-electron chi connectivity index (χ1n) is 13.7. The first kappa shape index (κ1) is 24.5. The van der Waals surface area contributed by atoms with Crippen molar-refractivity contribution in [1.82, 2.24) is 0 Å². The monoisotopic (exact) mass is 532 g/mol. The third-order valence-corrected chi connectivity index (χ3v) is 9.26. The molecule has 3 fully saturated rings. The van der Waals surface area contributed by atoms with E-state index in [4.69, 9.17) is 0 Å². The Morgan fingerprint density at radius 1 is 0.675 bits per heavy atom. The topological polar surface area (TPSA) is 95.0 Å². The number of rotatable bonds is 3. The van der Waals surface area contributed by atoms with Crippen molar-refractivity contribution in [2.45, 2.75) is 25.7 Å². The lowest BCUT2D eigenvalue weighted by molar-refractivity contribution is -0.126. The summed E-state index contributed by atoms with van der Waals surface area (Å²) in [7, 11) is 0. The van der Waals surface area contributed by atoms with Crippen LogP contribution < -0.4 is 9.80 Å². The molecule has 0 spiro atoms. The summed E-state index contributed by atoms with van der Waals surface area (Å²) >= 11 is 0. The fourth-order valence-electron chi connectivity index (χ4n) is 7.50. The van der Waals surface area contributed by atoms with Gasteiger partial charge in [-0.05, 0) is 67.1 Å². The molecule has 7 rings (SSSR count). The van der Waals surface area contributed by atoms with Gasteiger partial charge in [-0.3, -0.25) is 29.0 Å². The van der Waals surface area contributed by atoms with Crippen LogP contribution in [0.15, 0.2) is 90.5 Å². The summed E-state index contributed by atoms with van der Waals surface area (Å²) in [6.45, 7) is 1.80. The third kappa shape index (κ3) is 3.43. The van der Waals surface area contributed by atoms with Crippen LogP contribution >= 0.6 is 0 Å². The van der Waals surface area contributed by atoms with Crippen molar-refractivity contribution in [3.63, 3.8) is 0 Å². The summed E-state index contributed by atoms with van der Waals surface area (Å²) in [5, 5.41) is 10.2. The Balaban J connectivity index is 1.35. The van der Waals surface area contributed by atoms with E-state index < -0.39 is 29.6 Å². The summed E-state index contributed by atoms with van der Waals surface area (Å²) in [6.07, 6.45) is 2.78. The number of amides is 4. The number of phenolic OH excluding ortho intramolecular Hbond substituents is 1. The quantitative estimate of drug-likeness (QED) is 0.388. The summed E-state index contributed by atoms with van der Waals surface area (Å²) in [5.41, 5.74) is 3.52. The molecule has 1 N–H and O–H groups in total. The number of phenols is 1. The van der Waals surface area contributed by atoms with Crippen molar-refractivity contribution in [3.05, 3.63) is 102 Å². The molecule has 40 heavy (non-hydrogen) atoms. The second-order valence-electron chi connectivity index (χ2n) is 11.3. The number of nitrogens with zero attached hydrogens (tertiary/aromatic N) is 2. The first-order chi connectivity index (χ1) is 19.4. The van der Waals surface area contributed by atoms with Crippen LogP contribution in [0.2, 0.25) is 0 Å². The largest absolute Gasteiger partial charge is 0.508 e. The van der Waals surface area contributed by atoms with E-state index in [9.17, 15) is 24.3 Å². The Morgan fingerprint density at radius 3 is 1.85 bits per heavy atom. The van der Waals surface area contributed by atoms with Crippen LogP contribution in [0.3, 0.4) is 0 Å². The van der Waals surface area contributed by atoms with Crippen LogP contribution in [0.1, 0.15) is 29.9 Å². The number of fused-ring (bicyclic) bond motifs is 4. The summed E-state index contributed by atoms with van der Waals surface area (Å²) in [5.74, 6) is -3.96. The minimum atomic E-state index is -0.631. The maximum atomic E-state index is 14.0. The van der Waals surface area contributed by atoms with Crippen molar-refractivity contribution in [2.24, 2.45) is 29.6 Å². The number of benzene rings is 3. The molecule has 2 heterocycles. The van der Waals surface area contributed by atoms with Crippen LogP contribution in [0, 0.1) is 36.5 Å². The lowest BCUT2D eigenvalue weighted by atomic mass is 9.57. The molecule has 6 atom stereocenters. The zero-order valence-electron chi connectivity index (χ0n) is 21.9. The first-order valence-corrected chi connectivity index (χ1v) is 13.7.